The van der Waals surface area contributed by atoms with Gasteiger partial charge in [0.05, 0.1) is 0 Å². The molecule has 98 valence electrons. The van der Waals surface area contributed by atoms with Crippen molar-refractivity contribution >= 4 is 9.28 Å². The van der Waals surface area contributed by atoms with E-state index in [0.29, 0.717) is 6.54 Å². The Balaban J connectivity index is 3.48. The minimum Gasteiger partial charge on any atom is -0.397 e. The summed E-state index contributed by atoms with van der Waals surface area (Å²) in [6, 6.07) is 1.09. The van der Waals surface area contributed by atoms with Crippen molar-refractivity contribution in [1.29, 1.82) is 0 Å². The van der Waals surface area contributed by atoms with Crippen LogP contribution in [0.25, 0.3) is 0 Å². The average molecular weight is 248 g/mol. The summed E-state index contributed by atoms with van der Waals surface area (Å²) in [5.74, 6) is 0. The smallest absolute Gasteiger partial charge is 0.321 e. The van der Waals surface area contributed by atoms with Crippen LogP contribution in [-0.4, -0.2) is 42.1 Å². The van der Waals surface area contributed by atoms with E-state index in [9.17, 15) is 0 Å². The summed E-state index contributed by atoms with van der Waals surface area (Å²) >= 11 is 0. The Morgan fingerprint density at radius 2 is 1.69 bits per heavy atom. The Hall–Kier alpha value is 0.0569. The maximum Gasteiger partial charge on any atom is 0.321 e. The first-order valence-electron chi connectivity index (χ1n) is 6.49. The lowest BCUT2D eigenvalue weighted by atomic mass is 10.5. The number of nitrogens with two attached hydrogens (primary N) is 1. The Bertz CT molecular complexity index is 131. The third-order valence-corrected chi connectivity index (χ3v) is 4.22. The number of nitrogens with one attached hydrogen (secondary N) is 1. The standard InChI is InChI=1S/C11H28N2O2Si/c1-3-9-14-16(15-10-4-2)11-5-7-13-8-6-12/h13,16H,3-12H2,1-2H3. The maximum absolute atomic E-state index is 5.76. The van der Waals surface area contributed by atoms with Crippen molar-refractivity contribution in [1.82, 2.24) is 5.32 Å². The van der Waals surface area contributed by atoms with Crippen molar-refractivity contribution in [3.63, 3.8) is 0 Å². The Morgan fingerprint density at radius 1 is 1.06 bits per heavy atom. The van der Waals surface area contributed by atoms with E-state index < -0.39 is 9.28 Å². The highest BCUT2D eigenvalue weighted by atomic mass is 28.3. The number of hydrogen-bond acceptors (Lipinski definition) is 4. The van der Waals surface area contributed by atoms with Crippen LogP contribution in [0.4, 0.5) is 0 Å². The summed E-state index contributed by atoms with van der Waals surface area (Å²) in [4.78, 5) is 0. The van der Waals surface area contributed by atoms with Gasteiger partial charge in [-0.3, -0.25) is 0 Å². The molecule has 0 aliphatic rings. The first-order valence-corrected chi connectivity index (χ1v) is 8.25. The van der Waals surface area contributed by atoms with Crippen molar-refractivity contribution in [3.8, 4) is 0 Å². The molecule has 0 aliphatic carbocycles. The predicted molar refractivity (Wildman–Crippen MR) is 71.0 cm³/mol. The van der Waals surface area contributed by atoms with Crippen LogP contribution in [0, 0.1) is 0 Å². The molecule has 0 rings (SSSR count). The molecule has 0 amide bonds. The minimum atomic E-state index is -1.39. The molecule has 3 N–H and O–H groups in total. The van der Waals surface area contributed by atoms with E-state index >= 15 is 0 Å². The number of hydrogen-bond donors (Lipinski definition) is 2. The quantitative estimate of drug-likeness (QED) is 0.400. The molecule has 0 aromatic carbocycles. The van der Waals surface area contributed by atoms with Gasteiger partial charge in [-0.2, -0.15) is 0 Å². The van der Waals surface area contributed by atoms with Gasteiger partial charge in [-0.25, -0.2) is 0 Å². The van der Waals surface area contributed by atoms with Crippen molar-refractivity contribution < 1.29 is 8.85 Å². The van der Waals surface area contributed by atoms with Crippen molar-refractivity contribution in [2.24, 2.45) is 5.73 Å². The lowest BCUT2D eigenvalue weighted by Gasteiger charge is -2.16. The van der Waals surface area contributed by atoms with Crippen LogP contribution in [0.15, 0.2) is 0 Å². The van der Waals surface area contributed by atoms with Crippen LogP contribution >= 0.6 is 0 Å². The highest BCUT2D eigenvalue weighted by Crippen LogP contribution is 2.02. The van der Waals surface area contributed by atoms with E-state index in [2.05, 4.69) is 19.2 Å². The second-order valence-corrected chi connectivity index (χ2v) is 5.96. The van der Waals surface area contributed by atoms with E-state index in [1.165, 1.54) is 0 Å². The summed E-state index contributed by atoms with van der Waals surface area (Å²) in [7, 11) is -1.39. The summed E-state index contributed by atoms with van der Waals surface area (Å²) in [5, 5.41) is 3.29. The first-order chi connectivity index (χ1) is 7.85. The zero-order valence-electron chi connectivity index (χ0n) is 10.8. The average Bonchev–Trinajstić information content (AvgIpc) is 2.31. The fraction of sp³-hybridized carbons (Fsp3) is 1.00. The van der Waals surface area contributed by atoms with Crippen LogP contribution in [0.2, 0.25) is 6.04 Å². The fourth-order valence-corrected chi connectivity index (χ4v) is 3.30. The fourth-order valence-electron chi connectivity index (χ4n) is 1.33. The van der Waals surface area contributed by atoms with Gasteiger partial charge in [0, 0.05) is 26.3 Å². The molecular formula is C11H28N2O2Si. The summed E-state index contributed by atoms with van der Waals surface area (Å²) in [5.41, 5.74) is 5.40. The predicted octanol–water partition coefficient (Wildman–Crippen LogP) is 0.999. The van der Waals surface area contributed by atoms with Crippen LogP contribution in [0.3, 0.4) is 0 Å². The molecular weight excluding hydrogens is 220 g/mol. The van der Waals surface area contributed by atoms with E-state index in [4.69, 9.17) is 14.6 Å². The van der Waals surface area contributed by atoms with Gasteiger partial charge < -0.3 is 19.9 Å². The van der Waals surface area contributed by atoms with Gasteiger partial charge in [0.2, 0.25) is 0 Å². The Labute approximate surface area is 102 Å². The topological polar surface area (TPSA) is 56.5 Å². The molecule has 0 radical (unpaired) electrons. The molecule has 4 nitrogen and oxygen atoms in total. The van der Waals surface area contributed by atoms with Gasteiger partial charge >= 0.3 is 9.28 Å². The zero-order valence-corrected chi connectivity index (χ0v) is 12.0. The van der Waals surface area contributed by atoms with E-state index in [1.807, 2.05) is 0 Å². The van der Waals surface area contributed by atoms with Crippen molar-refractivity contribution in [2.45, 2.75) is 39.2 Å². The molecule has 0 saturated heterocycles. The van der Waals surface area contributed by atoms with Crippen molar-refractivity contribution in [3.05, 3.63) is 0 Å². The lowest BCUT2D eigenvalue weighted by Crippen LogP contribution is -2.27. The zero-order chi connectivity index (χ0) is 12.1. The monoisotopic (exact) mass is 248 g/mol. The maximum atomic E-state index is 5.76. The Morgan fingerprint density at radius 3 is 2.19 bits per heavy atom. The first kappa shape index (κ1) is 16.1. The molecule has 0 spiro atoms. The van der Waals surface area contributed by atoms with Crippen LogP contribution in [0.5, 0.6) is 0 Å². The SMILES string of the molecule is CCCO[SiH](CCCNCCN)OCCC. The molecule has 0 atom stereocenters. The summed E-state index contributed by atoms with van der Waals surface area (Å²) in [6.45, 7) is 8.58. The molecule has 0 aliphatic heterocycles. The van der Waals surface area contributed by atoms with Crippen LogP contribution < -0.4 is 11.1 Å². The van der Waals surface area contributed by atoms with E-state index in [1.54, 1.807) is 0 Å². The minimum absolute atomic E-state index is 0.708. The molecule has 0 fully saturated rings. The highest BCUT2D eigenvalue weighted by molar-refractivity contribution is 6.44. The Kier molecular flexibility index (Phi) is 13.2. The third kappa shape index (κ3) is 10.6. The normalized spacial score (nSPS) is 11.2. The summed E-state index contributed by atoms with van der Waals surface area (Å²) < 4.78 is 11.5. The highest BCUT2D eigenvalue weighted by Gasteiger charge is 2.11. The summed E-state index contributed by atoms with van der Waals surface area (Å²) in [6.07, 6.45) is 3.28. The molecule has 16 heavy (non-hydrogen) atoms. The second-order valence-electron chi connectivity index (χ2n) is 3.85. The van der Waals surface area contributed by atoms with Gasteiger partial charge in [-0.15, -0.1) is 0 Å². The lowest BCUT2D eigenvalue weighted by molar-refractivity contribution is 0.196. The van der Waals surface area contributed by atoms with Crippen molar-refractivity contribution in [2.75, 3.05) is 32.8 Å². The van der Waals surface area contributed by atoms with Gasteiger partial charge in [-0.05, 0) is 31.9 Å². The van der Waals surface area contributed by atoms with Crippen LogP contribution in [0.1, 0.15) is 33.1 Å². The third-order valence-electron chi connectivity index (χ3n) is 2.13. The molecule has 0 unspecified atom stereocenters. The van der Waals surface area contributed by atoms with E-state index in [-0.39, 0.29) is 0 Å². The largest absolute Gasteiger partial charge is 0.397 e. The molecule has 5 heteroatoms. The second kappa shape index (κ2) is 13.1. The molecule has 0 heterocycles. The molecule has 0 saturated carbocycles. The van der Waals surface area contributed by atoms with E-state index in [0.717, 1.165) is 51.6 Å². The van der Waals surface area contributed by atoms with Gasteiger partial charge in [-0.1, -0.05) is 13.8 Å². The van der Waals surface area contributed by atoms with Gasteiger partial charge in [0.15, 0.2) is 0 Å². The molecule has 0 bridgehead atoms. The number of rotatable bonds is 12. The van der Waals surface area contributed by atoms with Gasteiger partial charge in [0.1, 0.15) is 0 Å². The van der Waals surface area contributed by atoms with Crippen LogP contribution in [-0.2, 0) is 8.85 Å². The molecule has 0 aromatic heterocycles. The molecule has 0 aromatic rings. The van der Waals surface area contributed by atoms with Gasteiger partial charge in [0.25, 0.3) is 0 Å².